The largest absolute Gasteiger partial charge is 0.0622 e. The number of hydrogen-bond acceptors (Lipinski definition) is 0. The van der Waals surface area contributed by atoms with Crippen molar-refractivity contribution >= 4 is 21.5 Å². The first-order valence-corrected chi connectivity index (χ1v) is 5.51. The van der Waals surface area contributed by atoms with Crippen LogP contribution in [0.4, 0.5) is 0 Å². The minimum Gasteiger partial charge on any atom is -0.0622 e. The molecule has 0 bridgehead atoms. The lowest BCUT2D eigenvalue weighted by Gasteiger charge is -2.17. The van der Waals surface area contributed by atoms with Crippen LogP contribution in [0.2, 0.25) is 0 Å². The van der Waals surface area contributed by atoms with Crippen molar-refractivity contribution in [1.29, 1.82) is 0 Å². The summed E-state index contributed by atoms with van der Waals surface area (Å²) in [7, 11) is 0. The molecule has 0 atom stereocenters. The normalized spacial score (nSPS) is 17.6. The van der Waals surface area contributed by atoms with Gasteiger partial charge in [0.25, 0.3) is 0 Å². The van der Waals surface area contributed by atoms with Gasteiger partial charge in [0.2, 0.25) is 0 Å². The molecule has 0 nitrogen and oxygen atoms in total. The van der Waals surface area contributed by atoms with E-state index >= 15 is 0 Å². The zero-order valence-electron chi connectivity index (χ0n) is 8.13. The summed E-state index contributed by atoms with van der Waals surface area (Å²) in [6.45, 7) is 2.16. The monoisotopic (exact) mass is 247 g/mol. The molecule has 1 aliphatic carbocycles. The Hall–Kier alpha value is -0.820. The lowest BCUT2D eigenvalue weighted by atomic mass is 9.91. The Balaban J connectivity index is 2.30. The van der Waals surface area contributed by atoms with Gasteiger partial charge >= 0.3 is 0 Å². The van der Waals surface area contributed by atoms with Crippen LogP contribution in [0.5, 0.6) is 0 Å². The van der Waals surface area contributed by atoms with Gasteiger partial charge in [-0.1, -0.05) is 65.3 Å². The van der Waals surface area contributed by atoms with Gasteiger partial charge in [-0.25, -0.2) is 0 Å². The fourth-order valence-electron chi connectivity index (χ4n) is 1.60. The van der Waals surface area contributed by atoms with Crippen molar-refractivity contribution in [1.82, 2.24) is 0 Å². The average molecular weight is 248 g/mol. The van der Waals surface area contributed by atoms with Gasteiger partial charge in [-0.15, -0.1) is 0 Å². The van der Waals surface area contributed by atoms with Crippen molar-refractivity contribution in [2.24, 2.45) is 0 Å². The third-order valence-corrected chi connectivity index (χ3v) is 3.38. The maximum Gasteiger partial charge on any atom is 0.0134 e. The molecule has 0 N–H and O–H groups in total. The SMILES string of the molecule is C[C]1CC(c2ccccc2)=CC=C1Br. The molecule has 1 aromatic carbocycles. The fraction of sp³-hybridized carbons (Fsp3) is 0.154. The zero-order valence-corrected chi connectivity index (χ0v) is 9.71. The molecule has 1 aromatic rings. The average Bonchev–Trinajstić information content (AvgIpc) is 2.23. The molecule has 0 heterocycles. The van der Waals surface area contributed by atoms with Gasteiger partial charge in [0.1, 0.15) is 0 Å². The zero-order chi connectivity index (χ0) is 9.97. The van der Waals surface area contributed by atoms with Crippen molar-refractivity contribution in [3.05, 3.63) is 58.4 Å². The second-order valence-corrected chi connectivity index (χ2v) is 4.38. The molecule has 2 rings (SSSR count). The molecule has 1 heteroatoms. The van der Waals surface area contributed by atoms with E-state index in [-0.39, 0.29) is 0 Å². The van der Waals surface area contributed by atoms with Gasteiger partial charge in [-0.05, 0) is 17.6 Å². The van der Waals surface area contributed by atoms with Crippen molar-refractivity contribution in [2.45, 2.75) is 13.3 Å². The van der Waals surface area contributed by atoms with Crippen LogP contribution in [0.3, 0.4) is 0 Å². The van der Waals surface area contributed by atoms with Crippen LogP contribution in [0.15, 0.2) is 47.0 Å². The lowest BCUT2D eigenvalue weighted by molar-refractivity contribution is 1.06. The number of benzene rings is 1. The van der Waals surface area contributed by atoms with Gasteiger partial charge in [0.15, 0.2) is 0 Å². The highest BCUT2D eigenvalue weighted by Gasteiger charge is 2.14. The first-order valence-electron chi connectivity index (χ1n) is 4.72. The molecule has 0 amide bonds. The van der Waals surface area contributed by atoms with Gasteiger partial charge in [-0.3, -0.25) is 0 Å². The van der Waals surface area contributed by atoms with Crippen LogP contribution in [0.25, 0.3) is 5.57 Å². The van der Waals surface area contributed by atoms with Crippen LogP contribution < -0.4 is 0 Å². The first-order chi connectivity index (χ1) is 6.77. The summed E-state index contributed by atoms with van der Waals surface area (Å²) < 4.78 is 1.22. The fourth-order valence-corrected chi connectivity index (χ4v) is 1.87. The van der Waals surface area contributed by atoms with Gasteiger partial charge in [-0.2, -0.15) is 0 Å². The topological polar surface area (TPSA) is 0 Å². The van der Waals surface area contributed by atoms with E-state index in [1.54, 1.807) is 0 Å². The highest BCUT2D eigenvalue weighted by atomic mass is 79.9. The molecule has 0 saturated heterocycles. The Bertz CT molecular complexity index is 373. The summed E-state index contributed by atoms with van der Waals surface area (Å²) in [4.78, 5) is 0. The Morgan fingerprint density at radius 3 is 2.43 bits per heavy atom. The third-order valence-electron chi connectivity index (χ3n) is 2.44. The molecule has 1 radical (unpaired) electrons. The van der Waals surface area contributed by atoms with Crippen molar-refractivity contribution in [2.75, 3.05) is 0 Å². The van der Waals surface area contributed by atoms with E-state index < -0.39 is 0 Å². The van der Waals surface area contributed by atoms with Crippen LogP contribution in [-0.4, -0.2) is 0 Å². The second-order valence-electron chi connectivity index (χ2n) is 3.53. The van der Waals surface area contributed by atoms with Crippen molar-refractivity contribution in [3.63, 3.8) is 0 Å². The maximum absolute atomic E-state index is 3.53. The second kappa shape index (κ2) is 4.14. The summed E-state index contributed by atoms with van der Waals surface area (Å²) in [6, 6.07) is 10.5. The van der Waals surface area contributed by atoms with E-state index in [0.29, 0.717) is 0 Å². The van der Waals surface area contributed by atoms with E-state index in [0.717, 1.165) is 6.42 Å². The minimum atomic E-state index is 1.04. The molecule has 0 aromatic heterocycles. The predicted octanol–water partition coefficient (Wildman–Crippen LogP) is 4.35. The molecular formula is C13H12Br. The third kappa shape index (κ3) is 1.98. The molecule has 0 spiro atoms. The first kappa shape index (κ1) is 9.72. The summed E-state index contributed by atoms with van der Waals surface area (Å²) >= 11 is 3.53. The van der Waals surface area contributed by atoms with Crippen LogP contribution in [0, 0.1) is 5.92 Å². The van der Waals surface area contributed by atoms with Crippen LogP contribution >= 0.6 is 15.9 Å². The molecular weight excluding hydrogens is 236 g/mol. The number of halogens is 1. The molecule has 0 aliphatic heterocycles. The van der Waals surface area contributed by atoms with Crippen LogP contribution in [-0.2, 0) is 0 Å². The lowest BCUT2D eigenvalue weighted by Crippen LogP contribution is -1.98. The molecule has 0 fully saturated rings. The summed E-state index contributed by atoms with van der Waals surface area (Å²) in [5.41, 5.74) is 2.72. The Morgan fingerprint density at radius 2 is 1.79 bits per heavy atom. The van der Waals surface area contributed by atoms with E-state index in [1.165, 1.54) is 21.5 Å². The predicted molar refractivity (Wildman–Crippen MR) is 65.0 cm³/mol. The molecule has 0 unspecified atom stereocenters. The minimum absolute atomic E-state index is 1.04. The maximum atomic E-state index is 3.53. The van der Waals surface area contributed by atoms with E-state index in [4.69, 9.17) is 0 Å². The summed E-state index contributed by atoms with van der Waals surface area (Å²) in [5.74, 6) is 1.39. The summed E-state index contributed by atoms with van der Waals surface area (Å²) in [6.07, 6.45) is 5.36. The quantitative estimate of drug-likeness (QED) is 0.693. The standard InChI is InChI=1S/C13H12Br/c1-10-9-12(7-8-13(10)14)11-5-3-2-4-6-11/h2-8H,9H2,1H3. The Kier molecular flexibility index (Phi) is 2.87. The van der Waals surface area contributed by atoms with Gasteiger partial charge in [0.05, 0.1) is 0 Å². The smallest absolute Gasteiger partial charge is 0.0134 e. The van der Waals surface area contributed by atoms with Crippen molar-refractivity contribution in [3.8, 4) is 0 Å². The highest BCUT2D eigenvalue weighted by molar-refractivity contribution is 9.11. The number of rotatable bonds is 1. The number of hydrogen-bond donors (Lipinski definition) is 0. The van der Waals surface area contributed by atoms with Crippen molar-refractivity contribution < 1.29 is 0 Å². The van der Waals surface area contributed by atoms with Crippen LogP contribution in [0.1, 0.15) is 18.9 Å². The Labute approximate surface area is 93.5 Å². The molecule has 1 aliphatic rings. The van der Waals surface area contributed by atoms with Gasteiger partial charge < -0.3 is 0 Å². The highest BCUT2D eigenvalue weighted by Crippen LogP contribution is 2.34. The van der Waals surface area contributed by atoms with E-state index in [9.17, 15) is 0 Å². The van der Waals surface area contributed by atoms with E-state index in [2.05, 4.69) is 65.3 Å². The molecule has 0 saturated carbocycles. The number of allylic oxidation sites excluding steroid dienone is 4. The van der Waals surface area contributed by atoms with Gasteiger partial charge in [0, 0.05) is 10.4 Å². The van der Waals surface area contributed by atoms with E-state index in [1.807, 2.05) is 0 Å². The molecule has 71 valence electrons. The Morgan fingerprint density at radius 1 is 1.07 bits per heavy atom. The summed E-state index contributed by atoms with van der Waals surface area (Å²) in [5, 5.41) is 0. The molecule has 14 heavy (non-hydrogen) atoms.